The van der Waals surface area contributed by atoms with Crippen molar-refractivity contribution >= 4 is 55.7 Å². The summed E-state index contributed by atoms with van der Waals surface area (Å²) in [4.78, 5) is 22.5. The van der Waals surface area contributed by atoms with Gasteiger partial charge >= 0.3 is 0 Å². The van der Waals surface area contributed by atoms with Crippen LogP contribution in [0.25, 0.3) is 20.8 Å². The second-order valence-corrected chi connectivity index (χ2v) is 9.55. The van der Waals surface area contributed by atoms with Crippen LogP contribution in [0, 0.1) is 0 Å². The fourth-order valence-corrected chi connectivity index (χ4v) is 6.17. The number of aromatic nitrogens is 1. The van der Waals surface area contributed by atoms with Crippen LogP contribution < -0.4 is 5.32 Å². The van der Waals surface area contributed by atoms with Crippen LogP contribution in [0.3, 0.4) is 0 Å². The molecular weight excluding hydrogens is 410 g/mol. The van der Waals surface area contributed by atoms with Gasteiger partial charge in [-0.1, -0.05) is 24.3 Å². The van der Waals surface area contributed by atoms with Crippen LogP contribution >= 0.6 is 22.7 Å². The zero-order valence-electron chi connectivity index (χ0n) is 16.6. The van der Waals surface area contributed by atoms with E-state index in [2.05, 4.69) is 23.5 Å². The Bertz CT molecular complexity index is 1220. The van der Waals surface area contributed by atoms with Gasteiger partial charge in [0.2, 0.25) is 5.91 Å². The van der Waals surface area contributed by atoms with Crippen molar-refractivity contribution in [3.63, 3.8) is 0 Å². The molecule has 0 aliphatic heterocycles. The Morgan fingerprint density at radius 2 is 1.87 bits per heavy atom. The van der Waals surface area contributed by atoms with Crippen molar-refractivity contribution in [2.24, 2.45) is 4.99 Å². The average Bonchev–Trinajstić information content (AvgIpc) is 3.33. The van der Waals surface area contributed by atoms with Crippen LogP contribution in [0.4, 0.5) is 10.7 Å². The van der Waals surface area contributed by atoms with Gasteiger partial charge in [-0.15, -0.1) is 22.7 Å². The molecule has 30 heavy (non-hydrogen) atoms. The molecule has 2 aromatic carbocycles. The summed E-state index contributed by atoms with van der Waals surface area (Å²) < 4.78 is 1.21. The van der Waals surface area contributed by atoms with Gasteiger partial charge in [-0.3, -0.25) is 4.79 Å². The maximum absolute atomic E-state index is 11.2. The number of para-hydroxylation sites is 1. The largest absolute Gasteiger partial charge is 0.326 e. The molecule has 0 unspecified atom stereocenters. The summed E-state index contributed by atoms with van der Waals surface area (Å²) in [7, 11) is 0. The maximum Gasteiger partial charge on any atom is 0.221 e. The Hall–Kier alpha value is -2.83. The summed E-state index contributed by atoms with van der Waals surface area (Å²) in [6.45, 7) is 1.51. The van der Waals surface area contributed by atoms with Gasteiger partial charge in [-0.25, -0.2) is 9.98 Å². The minimum atomic E-state index is -0.0685. The van der Waals surface area contributed by atoms with Crippen molar-refractivity contribution < 1.29 is 4.79 Å². The van der Waals surface area contributed by atoms with E-state index in [1.807, 2.05) is 47.9 Å². The number of hydrogen-bond acceptors (Lipinski definition) is 5. The van der Waals surface area contributed by atoms with Crippen molar-refractivity contribution in [3.8, 4) is 10.6 Å². The van der Waals surface area contributed by atoms with Gasteiger partial charge in [0.15, 0.2) is 0 Å². The van der Waals surface area contributed by atoms with E-state index in [1.165, 1.54) is 40.5 Å². The summed E-state index contributed by atoms with van der Waals surface area (Å²) in [5.41, 5.74) is 5.52. The smallest absolute Gasteiger partial charge is 0.221 e. The Morgan fingerprint density at radius 3 is 2.67 bits per heavy atom. The zero-order chi connectivity index (χ0) is 20.5. The normalized spacial score (nSPS) is 13.6. The van der Waals surface area contributed by atoms with Crippen molar-refractivity contribution in [3.05, 3.63) is 64.5 Å². The number of nitrogens with one attached hydrogen (secondary N) is 1. The Kier molecular flexibility index (Phi) is 5.19. The van der Waals surface area contributed by atoms with E-state index in [0.717, 1.165) is 39.6 Å². The number of nitrogens with zero attached hydrogens (tertiary/aromatic N) is 2. The third kappa shape index (κ3) is 3.80. The molecule has 1 amide bonds. The standard InChI is InChI=1S/C24H21N3OS2/c1-15(28)26-17-12-10-16(11-13-17)14-25-23-22(18-6-2-4-8-20(18)29-23)24-27-19-7-3-5-9-21(19)30-24/h3,5,7,9-14H,2,4,6,8H2,1H3,(H,26,28)/b25-14+. The first kappa shape index (κ1) is 19.2. The fraction of sp³-hybridized carbons (Fsp3) is 0.208. The quantitative estimate of drug-likeness (QED) is 0.370. The number of anilines is 1. The van der Waals surface area contributed by atoms with Crippen LogP contribution in [-0.4, -0.2) is 17.1 Å². The number of carbonyl (C=O) groups excluding carboxylic acids is 1. The topological polar surface area (TPSA) is 54.4 Å². The highest BCUT2D eigenvalue weighted by molar-refractivity contribution is 7.22. The van der Waals surface area contributed by atoms with E-state index in [-0.39, 0.29) is 5.91 Å². The summed E-state index contributed by atoms with van der Waals surface area (Å²) in [6, 6.07) is 16.1. The predicted octanol–water partition coefficient (Wildman–Crippen LogP) is 6.61. The first-order valence-corrected chi connectivity index (χ1v) is 11.7. The Labute approximate surface area is 183 Å². The number of thiophene rings is 1. The first-order chi connectivity index (χ1) is 14.7. The van der Waals surface area contributed by atoms with Crippen molar-refractivity contribution in [1.82, 2.24) is 4.98 Å². The zero-order valence-corrected chi connectivity index (χ0v) is 18.3. The summed E-state index contributed by atoms with van der Waals surface area (Å²) in [6.07, 6.45) is 6.64. The lowest BCUT2D eigenvalue weighted by Crippen LogP contribution is -2.05. The molecule has 0 atom stereocenters. The van der Waals surface area contributed by atoms with E-state index in [0.29, 0.717) is 0 Å². The molecule has 0 bridgehead atoms. The van der Waals surface area contributed by atoms with Gasteiger partial charge in [0.25, 0.3) is 0 Å². The lowest BCUT2D eigenvalue weighted by atomic mass is 9.96. The predicted molar refractivity (Wildman–Crippen MR) is 128 cm³/mol. The fourth-order valence-electron chi connectivity index (χ4n) is 3.83. The second kappa shape index (κ2) is 8.13. The molecule has 6 heteroatoms. The molecule has 1 aliphatic rings. The van der Waals surface area contributed by atoms with Gasteiger partial charge in [0.1, 0.15) is 10.0 Å². The molecule has 5 rings (SSSR count). The lowest BCUT2D eigenvalue weighted by Gasteiger charge is -2.11. The van der Waals surface area contributed by atoms with Crippen molar-refractivity contribution in [2.75, 3.05) is 5.32 Å². The number of hydrogen-bond donors (Lipinski definition) is 1. The minimum absolute atomic E-state index is 0.0685. The molecule has 0 radical (unpaired) electrons. The average molecular weight is 432 g/mol. The maximum atomic E-state index is 11.2. The van der Waals surface area contributed by atoms with Gasteiger partial charge in [0, 0.05) is 23.7 Å². The highest BCUT2D eigenvalue weighted by Crippen LogP contribution is 2.47. The molecule has 0 saturated heterocycles. The molecular formula is C24H21N3OS2. The van der Waals surface area contributed by atoms with Crippen LogP contribution in [0.15, 0.2) is 53.5 Å². The molecule has 4 aromatic rings. The summed E-state index contributed by atoms with van der Waals surface area (Å²) in [5, 5.41) is 4.91. The highest BCUT2D eigenvalue weighted by Gasteiger charge is 2.23. The van der Waals surface area contributed by atoms with Crippen molar-refractivity contribution in [1.29, 1.82) is 0 Å². The molecule has 4 nitrogen and oxygen atoms in total. The third-order valence-corrected chi connectivity index (χ3v) is 7.48. The number of amides is 1. The summed E-state index contributed by atoms with van der Waals surface area (Å²) >= 11 is 3.56. The third-order valence-electron chi connectivity index (χ3n) is 5.22. The van der Waals surface area contributed by atoms with E-state index < -0.39 is 0 Å². The summed E-state index contributed by atoms with van der Waals surface area (Å²) in [5.74, 6) is -0.0685. The number of thiazole rings is 1. The lowest BCUT2D eigenvalue weighted by molar-refractivity contribution is -0.114. The number of rotatable bonds is 4. The van der Waals surface area contributed by atoms with Crippen LogP contribution in [0.2, 0.25) is 0 Å². The molecule has 1 aliphatic carbocycles. The van der Waals surface area contributed by atoms with Gasteiger partial charge < -0.3 is 5.32 Å². The van der Waals surface area contributed by atoms with Crippen LogP contribution in [0.5, 0.6) is 0 Å². The molecule has 0 fully saturated rings. The van der Waals surface area contributed by atoms with Crippen LogP contribution in [-0.2, 0) is 17.6 Å². The van der Waals surface area contributed by atoms with E-state index in [9.17, 15) is 4.79 Å². The minimum Gasteiger partial charge on any atom is -0.326 e. The van der Waals surface area contributed by atoms with E-state index in [1.54, 1.807) is 11.3 Å². The molecule has 2 heterocycles. The van der Waals surface area contributed by atoms with E-state index in [4.69, 9.17) is 9.98 Å². The molecule has 2 aromatic heterocycles. The van der Waals surface area contributed by atoms with Gasteiger partial charge in [-0.2, -0.15) is 0 Å². The molecule has 1 N–H and O–H groups in total. The first-order valence-electron chi connectivity index (χ1n) is 10.1. The Morgan fingerprint density at radius 1 is 1.07 bits per heavy atom. The van der Waals surface area contributed by atoms with Gasteiger partial charge in [-0.05, 0) is 61.1 Å². The second-order valence-electron chi connectivity index (χ2n) is 7.44. The van der Waals surface area contributed by atoms with Crippen LogP contribution in [0.1, 0.15) is 35.8 Å². The highest BCUT2D eigenvalue weighted by atomic mass is 32.1. The number of benzene rings is 2. The van der Waals surface area contributed by atoms with Gasteiger partial charge in [0.05, 0.1) is 15.8 Å². The number of aryl methyl sites for hydroxylation is 1. The number of aliphatic imine (C=N–C) groups is 1. The molecule has 0 spiro atoms. The SMILES string of the molecule is CC(=O)Nc1ccc(/C=N/c2sc3c(c2-c2nc4ccccc4s2)CCCC3)cc1. The van der Waals surface area contributed by atoms with E-state index >= 15 is 0 Å². The number of fused-ring (bicyclic) bond motifs is 2. The monoisotopic (exact) mass is 431 g/mol. The Balaban J connectivity index is 1.52. The molecule has 0 saturated carbocycles. The number of carbonyl (C=O) groups is 1. The molecule has 150 valence electrons. The van der Waals surface area contributed by atoms with Crippen molar-refractivity contribution in [2.45, 2.75) is 32.6 Å².